The molecule has 77 heavy (non-hydrogen) atoms. The van der Waals surface area contributed by atoms with Gasteiger partial charge in [0.25, 0.3) is 11.8 Å². The number of carbonyl (C=O) groups excluding carboxylic acids is 4. The minimum atomic E-state index is -0.420. The minimum absolute atomic E-state index is 0.282. The Morgan fingerprint density at radius 2 is 0.636 bits per heavy atom. The summed E-state index contributed by atoms with van der Waals surface area (Å²) in [7, 11) is 0. The van der Waals surface area contributed by atoms with E-state index < -0.39 is 11.9 Å². The average molecular weight is 1040 g/mol. The van der Waals surface area contributed by atoms with Crippen LogP contribution in [0.2, 0.25) is 0 Å². The predicted molar refractivity (Wildman–Crippen MR) is 310 cm³/mol. The Bertz CT molecular complexity index is 2480. The van der Waals surface area contributed by atoms with Gasteiger partial charge in [0, 0.05) is 17.2 Å². The molecule has 2 amide bonds. The molecule has 0 unspecified atom stereocenters. The van der Waals surface area contributed by atoms with E-state index >= 15 is 0 Å². The second-order valence-electron chi connectivity index (χ2n) is 20.4. The number of imide groups is 1. The van der Waals surface area contributed by atoms with Gasteiger partial charge in [0.05, 0.1) is 24.3 Å². The average Bonchev–Trinajstić information content (AvgIpc) is 3.46. The van der Waals surface area contributed by atoms with Crippen LogP contribution in [0.25, 0.3) is 0 Å². The van der Waals surface area contributed by atoms with Gasteiger partial charge in [0.2, 0.25) is 0 Å². The van der Waals surface area contributed by atoms with Crippen molar-refractivity contribution in [2.75, 3.05) is 13.2 Å². The van der Waals surface area contributed by atoms with E-state index in [0.717, 1.165) is 104 Å². The van der Waals surface area contributed by atoms with Crippen molar-refractivity contribution in [1.29, 1.82) is 0 Å². The molecule has 1 atom stereocenters. The van der Waals surface area contributed by atoms with Crippen molar-refractivity contribution >= 4 is 23.8 Å². The molecule has 6 aromatic carbocycles. The van der Waals surface area contributed by atoms with Crippen molar-refractivity contribution in [2.45, 2.75) is 169 Å². The third-order valence-corrected chi connectivity index (χ3v) is 14.1. The second-order valence-corrected chi connectivity index (χ2v) is 20.4. The first-order valence-electron chi connectivity index (χ1n) is 28.8. The second kappa shape index (κ2) is 33.2. The van der Waals surface area contributed by atoms with Crippen LogP contribution in [0.1, 0.15) is 201 Å². The Hall–Kier alpha value is -7.00. The summed E-state index contributed by atoms with van der Waals surface area (Å²) < 4.78 is 23.1. The van der Waals surface area contributed by atoms with Gasteiger partial charge in [0.15, 0.2) is 0 Å². The summed E-state index contributed by atoms with van der Waals surface area (Å²) in [6.07, 6.45) is 22.4. The molecule has 0 bridgehead atoms. The molecule has 408 valence electrons. The molecule has 0 fully saturated rings. The van der Waals surface area contributed by atoms with Crippen LogP contribution in [-0.2, 0) is 25.7 Å². The highest BCUT2D eigenvalue weighted by Crippen LogP contribution is 2.24. The third-order valence-electron chi connectivity index (χ3n) is 14.1. The van der Waals surface area contributed by atoms with Gasteiger partial charge >= 0.3 is 11.9 Å². The van der Waals surface area contributed by atoms with Gasteiger partial charge in [-0.1, -0.05) is 159 Å². The lowest BCUT2D eigenvalue weighted by Crippen LogP contribution is -2.43. The van der Waals surface area contributed by atoms with Crippen molar-refractivity contribution in [3.63, 3.8) is 0 Å². The van der Waals surface area contributed by atoms with Crippen LogP contribution in [0.15, 0.2) is 146 Å². The molecule has 0 N–H and O–H groups in total. The van der Waals surface area contributed by atoms with Crippen LogP contribution in [0.3, 0.4) is 0 Å². The lowest BCUT2D eigenvalue weighted by molar-refractivity contribution is 0.0546. The molecular weight excluding hydrogens is 959 g/mol. The molecule has 0 heterocycles. The summed E-state index contributed by atoms with van der Waals surface area (Å²) in [5.74, 6) is 0.999. The van der Waals surface area contributed by atoms with Crippen molar-refractivity contribution in [3.8, 4) is 23.0 Å². The Kier molecular flexibility index (Phi) is 25.6. The Morgan fingerprint density at radius 3 is 0.987 bits per heavy atom. The molecule has 0 aliphatic heterocycles. The minimum Gasteiger partial charge on any atom is -0.494 e. The summed E-state index contributed by atoms with van der Waals surface area (Å²) in [5, 5.41) is 0. The van der Waals surface area contributed by atoms with E-state index in [0.29, 0.717) is 47.0 Å². The molecule has 0 saturated heterocycles. The van der Waals surface area contributed by atoms with Crippen molar-refractivity contribution < 1.29 is 38.1 Å². The van der Waals surface area contributed by atoms with E-state index in [2.05, 4.69) is 20.8 Å². The molecule has 0 aliphatic rings. The van der Waals surface area contributed by atoms with Gasteiger partial charge in [-0.15, -0.1) is 0 Å². The summed E-state index contributed by atoms with van der Waals surface area (Å²) in [6, 6.07) is 44.2. The summed E-state index contributed by atoms with van der Waals surface area (Å²) >= 11 is 0. The number of ether oxygens (including phenoxy) is 4. The zero-order valence-corrected chi connectivity index (χ0v) is 46.4. The van der Waals surface area contributed by atoms with Crippen LogP contribution in [-0.4, -0.2) is 47.9 Å². The van der Waals surface area contributed by atoms with Gasteiger partial charge in [-0.25, -0.2) is 9.59 Å². The standard InChI is InChI=1S/C68H83NO8/c1-5-8-11-14-16-19-50-74-61-46-38-59(39-47-61)67(72)76-63-42-30-55(31-43-63)24-22-53-26-34-57(35-27-53)65(70)69(52(4)21-18-13-10-7-3)66(71)58-36-28-54(29-37-58)23-25-56-32-44-64(45-33-56)77-68(73)60-40-48-62(49-41-60)75-51-20-17-15-12-9-6-2/h26-49,52H,5-25,50-51H2,1-4H3/t52-/m1/s1. The van der Waals surface area contributed by atoms with Gasteiger partial charge in [-0.2, -0.15) is 0 Å². The third kappa shape index (κ3) is 20.5. The fraction of sp³-hybridized carbons (Fsp3) is 0.412. The lowest BCUT2D eigenvalue weighted by Gasteiger charge is -2.28. The molecule has 0 spiro atoms. The predicted octanol–water partition coefficient (Wildman–Crippen LogP) is 16.8. The summed E-state index contributed by atoms with van der Waals surface area (Å²) in [4.78, 5) is 55.8. The zero-order chi connectivity index (χ0) is 54.5. The molecule has 9 nitrogen and oxygen atoms in total. The molecule has 0 aliphatic carbocycles. The Balaban J connectivity index is 0.959. The number of amides is 2. The number of unbranched alkanes of at least 4 members (excludes halogenated alkanes) is 13. The number of esters is 2. The molecule has 0 radical (unpaired) electrons. The Labute approximate surface area is 459 Å². The molecule has 9 heteroatoms. The first-order chi connectivity index (χ1) is 37.6. The lowest BCUT2D eigenvalue weighted by atomic mass is 10.0. The molecular formula is C68H83NO8. The maximum atomic E-state index is 14.3. The fourth-order valence-corrected chi connectivity index (χ4v) is 9.27. The number of nitrogens with zero attached hydrogens (tertiary/aromatic N) is 1. The normalized spacial score (nSPS) is 11.4. The molecule has 6 aromatic rings. The number of rotatable bonds is 34. The zero-order valence-electron chi connectivity index (χ0n) is 46.4. The van der Waals surface area contributed by atoms with Crippen LogP contribution in [0.5, 0.6) is 23.0 Å². The smallest absolute Gasteiger partial charge is 0.343 e. The number of carbonyl (C=O) groups is 4. The SMILES string of the molecule is CCCCCCCCOc1ccc(C(=O)Oc2ccc(CCc3ccc(C(=O)N(C(=O)c4ccc(CCc5ccc(OC(=O)c6ccc(OCCCCCCCC)cc6)cc5)cc4)[C@H](C)CCCCCC)cc3)cc2)cc1. The topological polar surface area (TPSA) is 108 Å². The van der Waals surface area contributed by atoms with E-state index in [4.69, 9.17) is 18.9 Å². The molecule has 6 rings (SSSR count). The van der Waals surface area contributed by atoms with E-state index in [1.165, 1.54) is 69.1 Å². The van der Waals surface area contributed by atoms with Crippen molar-refractivity contribution in [3.05, 3.63) is 190 Å². The van der Waals surface area contributed by atoms with Gasteiger partial charge in [-0.3, -0.25) is 14.5 Å². The van der Waals surface area contributed by atoms with Crippen LogP contribution in [0.4, 0.5) is 0 Å². The Morgan fingerprint density at radius 1 is 0.351 bits per heavy atom. The summed E-state index contributed by atoms with van der Waals surface area (Å²) in [6.45, 7) is 9.92. The number of aryl methyl sites for hydroxylation is 4. The van der Waals surface area contributed by atoms with E-state index in [1.54, 1.807) is 24.3 Å². The highest BCUT2D eigenvalue weighted by Gasteiger charge is 2.29. The monoisotopic (exact) mass is 1040 g/mol. The fourth-order valence-electron chi connectivity index (χ4n) is 9.27. The van der Waals surface area contributed by atoms with Gasteiger partial charge in [-0.05, 0) is 171 Å². The first-order valence-corrected chi connectivity index (χ1v) is 28.8. The van der Waals surface area contributed by atoms with Gasteiger partial charge < -0.3 is 18.9 Å². The highest BCUT2D eigenvalue weighted by molar-refractivity contribution is 6.10. The first kappa shape index (κ1) is 59.2. The summed E-state index contributed by atoms with van der Waals surface area (Å²) in [5.41, 5.74) is 6.19. The van der Waals surface area contributed by atoms with E-state index in [1.807, 2.05) is 128 Å². The highest BCUT2D eigenvalue weighted by atomic mass is 16.5. The van der Waals surface area contributed by atoms with Crippen molar-refractivity contribution in [1.82, 2.24) is 4.90 Å². The molecule has 0 aromatic heterocycles. The van der Waals surface area contributed by atoms with Crippen LogP contribution < -0.4 is 18.9 Å². The van der Waals surface area contributed by atoms with E-state index in [9.17, 15) is 19.2 Å². The van der Waals surface area contributed by atoms with Crippen LogP contribution >= 0.6 is 0 Å². The number of benzene rings is 6. The number of hydrogen-bond donors (Lipinski definition) is 0. The maximum Gasteiger partial charge on any atom is 0.343 e. The quantitative estimate of drug-likeness (QED) is 0.0170. The van der Waals surface area contributed by atoms with Gasteiger partial charge in [0.1, 0.15) is 23.0 Å². The van der Waals surface area contributed by atoms with Crippen LogP contribution in [0, 0.1) is 0 Å². The number of hydrogen-bond acceptors (Lipinski definition) is 8. The largest absolute Gasteiger partial charge is 0.494 e. The van der Waals surface area contributed by atoms with E-state index in [-0.39, 0.29) is 17.9 Å². The maximum absolute atomic E-state index is 14.3. The molecule has 0 saturated carbocycles. The van der Waals surface area contributed by atoms with Crippen molar-refractivity contribution in [2.24, 2.45) is 0 Å².